The van der Waals surface area contributed by atoms with Crippen molar-refractivity contribution in [2.24, 2.45) is 5.92 Å². The highest BCUT2D eigenvalue weighted by Gasteiger charge is 2.18. The Morgan fingerprint density at radius 3 is 2.36 bits per heavy atom. The van der Waals surface area contributed by atoms with Gasteiger partial charge in [0.1, 0.15) is 11.8 Å². The number of ether oxygens (including phenoxy) is 1. The van der Waals surface area contributed by atoms with Crippen molar-refractivity contribution in [2.75, 3.05) is 6.61 Å². The molecule has 1 aromatic rings. The van der Waals surface area contributed by atoms with Gasteiger partial charge in [0.15, 0.2) is 0 Å². The fraction of sp³-hybridized carbons (Fsp3) is 0.562. The summed E-state index contributed by atoms with van der Waals surface area (Å²) in [5.41, 5.74) is 0.998. The van der Waals surface area contributed by atoms with Gasteiger partial charge in [0, 0.05) is 6.54 Å². The Morgan fingerprint density at radius 1 is 1.32 bits per heavy atom. The molecular weight excluding hydrogens is 414 g/mol. The number of rotatable bonds is 9. The van der Waals surface area contributed by atoms with Crippen LogP contribution in [0.3, 0.4) is 0 Å². The largest absolute Gasteiger partial charge is 0.491 e. The van der Waals surface area contributed by atoms with Crippen LogP contribution >= 0.6 is 31.9 Å². The number of aliphatic carboxylic acids is 1. The Balaban J connectivity index is 2.75. The van der Waals surface area contributed by atoms with Gasteiger partial charge in [-0.3, -0.25) is 4.79 Å². The molecule has 0 amide bonds. The van der Waals surface area contributed by atoms with Gasteiger partial charge in [0.05, 0.1) is 15.6 Å². The lowest BCUT2D eigenvalue weighted by Crippen LogP contribution is -2.37. The van der Waals surface area contributed by atoms with E-state index < -0.39 is 12.0 Å². The number of carbonyl (C=O) groups is 1. The maximum absolute atomic E-state index is 11.3. The van der Waals surface area contributed by atoms with Crippen molar-refractivity contribution in [2.45, 2.75) is 46.2 Å². The van der Waals surface area contributed by atoms with Crippen molar-refractivity contribution < 1.29 is 14.6 Å². The summed E-state index contributed by atoms with van der Waals surface area (Å²) >= 11 is 7.01. The number of hydrogen-bond acceptors (Lipinski definition) is 3. The molecule has 0 saturated heterocycles. The average molecular weight is 437 g/mol. The zero-order valence-electron chi connectivity index (χ0n) is 13.2. The van der Waals surface area contributed by atoms with Gasteiger partial charge in [-0.1, -0.05) is 20.8 Å². The second kappa shape index (κ2) is 9.53. The van der Waals surface area contributed by atoms with E-state index in [0.717, 1.165) is 26.7 Å². The van der Waals surface area contributed by atoms with E-state index >= 15 is 0 Å². The van der Waals surface area contributed by atoms with Crippen LogP contribution in [0.5, 0.6) is 5.75 Å². The molecule has 1 atom stereocenters. The fourth-order valence-corrected chi connectivity index (χ4v) is 3.55. The Bertz CT molecular complexity index is 483. The van der Waals surface area contributed by atoms with Crippen molar-refractivity contribution in [1.29, 1.82) is 0 Å². The molecule has 1 rings (SSSR count). The SMILES string of the molecule is CCCOc1c(Br)cc(CNC(CC(C)C)C(=O)O)cc1Br. The topological polar surface area (TPSA) is 58.6 Å². The van der Waals surface area contributed by atoms with Crippen LogP contribution in [-0.4, -0.2) is 23.7 Å². The molecule has 4 nitrogen and oxygen atoms in total. The second-order valence-electron chi connectivity index (χ2n) is 5.64. The van der Waals surface area contributed by atoms with Crippen LogP contribution in [0.1, 0.15) is 39.2 Å². The molecule has 0 aliphatic heterocycles. The number of hydrogen-bond donors (Lipinski definition) is 2. The summed E-state index contributed by atoms with van der Waals surface area (Å²) < 4.78 is 7.41. The van der Waals surface area contributed by atoms with E-state index in [1.807, 2.05) is 26.0 Å². The first kappa shape index (κ1) is 19.5. The molecule has 2 N–H and O–H groups in total. The minimum absolute atomic E-state index is 0.330. The summed E-state index contributed by atoms with van der Waals surface area (Å²) in [6.07, 6.45) is 1.55. The van der Waals surface area contributed by atoms with Crippen LogP contribution in [0.2, 0.25) is 0 Å². The summed E-state index contributed by atoms with van der Waals surface area (Å²) in [5, 5.41) is 12.4. The first-order valence-electron chi connectivity index (χ1n) is 7.42. The van der Waals surface area contributed by atoms with E-state index in [4.69, 9.17) is 4.74 Å². The van der Waals surface area contributed by atoms with E-state index in [1.165, 1.54) is 0 Å². The van der Waals surface area contributed by atoms with Crippen molar-refractivity contribution in [3.05, 3.63) is 26.6 Å². The minimum Gasteiger partial charge on any atom is -0.491 e. The maximum atomic E-state index is 11.3. The molecule has 22 heavy (non-hydrogen) atoms. The Labute approximate surface area is 148 Å². The van der Waals surface area contributed by atoms with Gasteiger partial charge in [-0.15, -0.1) is 0 Å². The molecule has 0 aliphatic rings. The highest BCUT2D eigenvalue weighted by Crippen LogP contribution is 2.35. The molecule has 0 radical (unpaired) electrons. The van der Waals surface area contributed by atoms with Gasteiger partial charge in [0.2, 0.25) is 0 Å². The van der Waals surface area contributed by atoms with E-state index in [9.17, 15) is 9.90 Å². The van der Waals surface area contributed by atoms with Gasteiger partial charge in [-0.2, -0.15) is 0 Å². The van der Waals surface area contributed by atoms with Gasteiger partial charge in [-0.05, 0) is 68.3 Å². The van der Waals surface area contributed by atoms with Crippen LogP contribution in [0.15, 0.2) is 21.1 Å². The van der Waals surface area contributed by atoms with E-state index in [-0.39, 0.29) is 0 Å². The minimum atomic E-state index is -0.810. The number of nitrogens with one attached hydrogen (secondary N) is 1. The third-order valence-electron chi connectivity index (χ3n) is 3.07. The summed E-state index contributed by atoms with van der Waals surface area (Å²) in [4.78, 5) is 11.3. The zero-order chi connectivity index (χ0) is 16.7. The molecule has 0 saturated carbocycles. The molecule has 0 heterocycles. The molecule has 6 heteroatoms. The second-order valence-corrected chi connectivity index (χ2v) is 7.35. The van der Waals surface area contributed by atoms with E-state index in [1.54, 1.807) is 0 Å². The van der Waals surface area contributed by atoms with Crippen LogP contribution < -0.4 is 10.1 Å². The van der Waals surface area contributed by atoms with E-state index in [0.29, 0.717) is 25.5 Å². The summed E-state index contributed by atoms with van der Waals surface area (Å²) in [7, 11) is 0. The predicted octanol–water partition coefficient (Wildman–Crippen LogP) is 4.59. The molecule has 1 unspecified atom stereocenters. The molecule has 0 fully saturated rings. The smallest absolute Gasteiger partial charge is 0.320 e. The van der Waals surface area contributed by atoms with Crippen LogP contribution in [0.25, 0.3) is 0 Å². The average Bonchev–Trinajstić information content (AvgIpc) is 2.42. The molecule has 124 valence electrons. The first-order valence-corrected chi connectivity index (χ1v) is 9.00. The number of benzene rings is 1. The molecular formula is C16H23Br2NO3. The van der Waals surface area contributed by atoms with Gasteiger partial charge >= 0.3 is 5.97 Å². The van der Waals surface area contributed by atoms with Crippen molar-refractivity contribution in [3.8, 4) is 5.75 Å². The van der Waals surface area contributed by atoms with Crippen LogP contribution in [0, 0.1) is 5.92 Å². The number of carboxylic acid groups (broad SMARTS) is 1. The molecule has 0 bridgehead atoms. The van der Waals surface area contributed by atoms with Crippen LogP contribution in [-0.2, 0) is 11.3 Å². The Morgan fingerprint density at radius 2 is 1.91 bits per heavy atom. The molecule has 1 aromatic carbocycles. The van der Waals surface area contributed by atoms with Crippen LogP contribution in [0.4, 0.5) is 0 Å². The molecule has 0 aliphatic carbocycles. The summed E-state index contributed by atoms with van der Waals surface area (Å²) in [6.45, 7) is 7.25. The number of halogens is 2. The molecule has 0 spiro atoms. The van der Waals surface area contributed by atoms with E-state index in [2.05, 4.69) is 44.1 Å². The van der Waals surface area contributed by atoms with Crippen molar-refractivity contribution in [1.82, 2.24) is 5.32 Å². The lowest BCUT2D eigenvalue weighted by atomic mass is 10.0. The highest BCUT2D eigenvalue weighted by molar-refractivity contribution is 9.11. The van der Waals surface area contributed by atoms with Gasteiger partial charge in [0.25, 0.3) is 0 Å². The fourth-order valence-electron chi connectivity index (χ4n) is 2.04. The van der Waals surface area contributed by atoms with Gasteiger partial charge < -0.3 is 15.2 Å². The maximum Gasteiger partial charge on any atom is 0.320 e. The Hall–Kier alpha value is -0.590. The zero-order valence-corrected chi connectivity index (χ0v) is 16.3. The Kier molecular flexibility index (Phi) is 8.43. The standard InChI is InChI=1S/C16H23Br2NO3/c1-4-5-22-15-12(17)7-11(8-13(15)18)9-19-14(16(20)21)6-10(2)3/h7-8,10,14,19H,4-6,9H2,1-3H3,(H,20,21). The third kappa shape index (κ3) is 6.26. The monoisotopic (exact) mass is 435 g/mol. The molecule has 0 aromatic heterocycles. The van der Waals surface area contributed by atoms with Crippen molar-refractivity contribution >= 4 is 37.8 Å². The number of carboxylic acids is 1. The predicted molar refractivity (Wildman–Crippen MR) is 95.3 cm³/mol. The lowest BCUT2D eigenvalue weighted by molar-refractivity contribution is -0.140. The first-order chi connectivity index (χ1) is 10.3. The normalized spacial score (nSPS) is 12.5. The lowest BCUT2D eigenvalue weighted by Gasteiger charge is -2.17. The third-order valence-corrected chi connectivity index (χ3v) is 4.24. The highest BCUT2D eigenvalue weighted by atomic mass is 79.9. The summed E-state index contributed by atoms with van der Waals surface area (Å²) in [5.74, 6) is 0.300. The summed E-state index contributed by atoms with van der Waals surface area (Å²) in [6, 6.07) is 3.38. The quantitative estimate of drug-likeness (QED) is 0.594. The van der Waals surface area contributed by atoms with Gasteiger partial charge in [-0.25, -0.2) is 0 Å². The van der Waals surface area contributed by atoms with Crippen molar-refractivity contribution in [3.63, 3.8) is 0 Å².